The summed E-state index contributed by atoms with van der Waals surface area (Å²) in [4.78, 5) is 11.0. The third kappa shape index (κ3) is 3.04. The summed E-state index contributed by atoms with van der Waals surface area (Å²) in [6.07, 6.45) is 2.04. The van der Waals surface area contributed by atoms with Crippen molar-refractivity contribution < 1.29 is 14.6 Å². The van der Waals surface area contributed by atoms with Crippen LogP contribution in [0.4, 0.5) is 0 Å². The number of aromatic nitrogens is 2. The fourth-order valence-corrected chi connectivity index (χ4v) is 2.65. The molecule has 6 nitrogen and oxygen atoms in total. The average molecular weight is 311 g/mol. The molecule has 0 radical (unpaired) electrons. The molecule has 118 valence electrons. The lowest BCUT2D eigenvalue weighted by atomic mass is 10.1. The summed E-state index contributed by atoms with van der Waals surface area (Å²) in [7, 11) is 0. The molecule has 0 unspecified atom stereocenters. The van der Waals surface area contributed by atoms with Crippen LogP contribution in [-0.4, -0.2) is 20.9 Å². The number of carboxylic acid groups (broad SMARTS) is 1. The van der Waals surface area contributed by atoms with Crippen LogP contribution < -0.4 is 4.74 Å². The molecular weight excluding hydrogens is 294 g/mol. The second-order valence-corrected chi connectivity index (χ2v) is 5.82. The molecule has 23 heavy (non-hydrogen) atoms. The van der Waals surface area contributed by atoms with Crippen molar-refractivity contribution in [3.8, 4) is 17.6 Å². The number of rotatable bonds is 5. The molecule has 2 aromatic rings. The smallest absolute Gasteiger partial charge is 0.325 e. The highest BCUT2D eigenvalue weighted by Crippen LogP contribution is 2.46. The molecule has 3 rings (SSSR count). The Morgan fingerprint density at radius 3 is 2.78 bits per heavy atom. The number of benzene rings is 1. The van der Waals surface area contributed by atoms with Gasteiger partial charge in [0.15, 0.2) is 5.75 Å². The van der Waals surface area contributed by atoms with Crippen LogP contribution in [0.3, 0.4) is 0 Å². The van der Waals surface area contributed by atoms with E-state index in [9.17, 15) is 4.79 Å². The molecule has 1 aromatic heterocycles. The van der Waals surface area contributed by atoms with Crippen LogP contribution in [-0.2, 0) is 11.3 Å². The minimum Gasteiger partial charge on any atom is -0.480 e. The number of aliphatic carboxylic acids is 1. The summed E-state index contributed by atoms with van der Waals surface area (Å²) in [6.45, 7) is 3.51. The minimum atomic E-state index is -0.921. The zero-order valence-electron chi connectivity index (χ0n) is 13.0. The number of carbonyl (C=O) groups is 1. The Balaban J connectivity index is 1.96. The summed E-state index contributed by atoms with van der Waals surface area (Å²) in [5, 5.41) is 22.4. The van der Waals surface area contributed by atoms with Crippen molar-refractivity contribution in [3.63, 3.8) is 0 Å². The standard InChI is InChI=1S/C17H17N3O3/c1-10-7-14(6-5-13(10)8-18)23-17-11(2)19-20(9-15(21)22)16(17)12-3-4-12/h5-7,12H,3-4,9H2,1-2H3,(H,21,22). The second kappa shape index (κ2) is 5.76. The quantitative estimate of drug-likeness (QED) is 0.916. The zero-order chi connectivity index (χ0) is 16.6. The van der Waals surface area contributed by atoms with Crippen molar-refractivity contribution in [3.05, 3.63) is 40.7 Å². The summed E-state index contributed by atoms with van der Waals surface area (Å²) in [5.41, 5.74) is 2.98. The van der Waals surface area contributed by atoms with E-state index in [1.54, 1.807) is 12.1 Å². The molecule has 0 amide bonds. The lowest BCUT2D eigenvalue weighted by Crippen LogP contribution is -2.12. The topological polar surface area (TPSA) is 88.1 Å². The van der Waals surface area contributed by atoms with Gasteiger partial charge < -0.3 is 9.84 Å². The maximum atomic E-state index is 11.0. The van der Waals surface area contributed by atoms with Crippen LogP contribution in [0.2, 0.25) is 0 Å². The van der Waals surface area contributed by atoms with Gasteiger partial charge in [0, 0.05) is 5.92 Å². The Morgan fingerprint density at radius 2 is 2.22 bits per heavy atom. The number of nitriles is 1. The summed E-state index contributed by atoms with van der Waals surface area (Å²) >= 11 is 0. The molecule has 0 aliphatic heterocycles. The SMILES string of the molecule is Cc1cc(Oc2c(C)nn(CC(=O)O)c2C2CC2)ccc1C#N. The van der Waals surface area contributed by atoms with Gasteiger partial charge in [-0.1, -0.05) is 0 Å². The van der Waals surface area contributed by atoms with Gasteiger partial charge in [-0.2, -0.15) is 10.4 Å². The Hall–Kier alpha value is -2.81. The largest absolute Gasteiger partial charge is 0.480 e. The van der Waals surface area contributed by atoms with Gasteiger partial charge in [-0.3, -0.25) is 9.48 Å². The van der Waals surface area contributed by atoms with Crippen molar-refractivity contribution >= 4 is 5.97 Å². The van der Waals surface area contributed by atoms with E-state index in [1.165, 1.54) is 4.68 Å². The molecule has 0 bridgehead atoms. The van der Waals surface area contributed by atoms with Gasteiger partial charge in [0.1, 0.15) is 18.0 Å². The molecular formula is C17H17N3O3. The van der Waals surface area contributed by atoms with E-state index in [0.717, 1.165) is 24.1 Å². The fourth-order valence-electron chi connectivity index (χ4n) is 2.65. The molecule has 6 heteroatoms. The summed E-state index contributed by atoms with van der Waals surface area (Å²) in [6, 6.07) is 7.40. The first-order chi connectivity index (χ1) is 11.0. The molecule has 1 aliphatic rings. The van der Waals surface area contributed by atoms with Gasteiger partial charge in [-0.05, 0) is 50.5 Å². The molecule has 0 atom stereocenters. The summed E-state index contributed by atoms with van der Waals surface area (Å²) < 4.78 is 7.53. The highest BCUT2D eigenvalue weighted by atomic mass is 16.5. The molecule has 0 spiro atoms. The van der Waals surface area contributed by atoms with E-state index in [4.69, 9.17) is 15.1 Å². The van der Waals surface area contributed by atoms with Gasteiger partial charge in [0.2, 0.25) is 0 Å². The van der Waals surface area contributed by atoms with E-state index in [-0.39, 0.29) is 6.54 Å². The fraction of sp³-hybridized carbons (Fsp3) is 0.353. The molecule has 1 heterocycles. The van der Waals surface area contributed by atoms with Crippen LogP contribution in [0.5, 0.6) is 11.5 Å². The lowest BCUT2D eigenvalue weighted by Gasteiger charge is -2.10. The average Bonchev–Trinajstić information content (AvgIpc) is 3.26. The molecule has 1 saturated carbocycles. The second-order valence-electron chi connectivity index (χ2n) is 5.82. The number of carboxylic acids is 1. The monoisotopic (exact) mass is 311 g/mol. The van der Waals surface area contributed by atoms with Crippen molar-refractivity contribution in [2.45, 2.75) is 39.2 Å². The summed E-state index contributed by atoms with van der Waals surface area (Å²) in [5.74, 6) is 0.652. The lowest BCUT2D eigenvalue weighted by molar-refractivity contribution is -0.137. The van der Waals surface area contributed by atoms with Gasteiger partial charge in [0.05, 0.1) is 17.3 Å². The Labute approximate surface area is 133 Å². The van der Waals surface area contributed by atoms with Crippen LogP contribution in [0.1, 0.15) is 41.3 Å². The van der Waals surface area contributed by atoms with Crippen molar-refractivity contribution in [1.82, 2.24) is 9.78 Å². The Kier molecular flexibility index (Phi) is 3.78. The third-order valence-electron chi connectivity index (χ3n) is 3.90. The van der Waals surface area contributed by atoms with E-state index < -0.39 is 5.97 Å². The normalized spacial score (nSPS) is 13.6. The van der Waals surface area contributed by atoms with Crippen LogP contribution in [0.15, 0.2) is 18.2 Å². The molecule has 0 saturated heterocycles. The van der Waals surface area contributed by atoms with E-state index in [2.05, 4.69) is 11.2 Å². The predicted molar refractivity (Wildman–Crippen MR) is 82.5 cm³/mol. The molecule has 1 N–H and O–H groups in total. The molecule has 1 aromatic carbocycles. The molecule has 1 fully saturated rings. The van der Waals surface area contributed by atoms with E-state index in [1.807, 2.05) is 19.9 Å². The molecule has 1 aliphatic carbocycles. The van der Waals surface area contributed by atoms with Crippen molar-refractivity contribution in [2.75, 3.05) is 0 Å². The van der Waals surface area contributed by atoms with E-state index in [0.29, 0.717) is 28.7 Å². The highest BCUT2D eigenvalue weighted by Gasteiger charge is 2.33. The van der Waals surface area contributed by atoms with Crippen molar-refractivity contribution in [1.29, 1.82) is 5.26 Å². The van der Waals surface area contributed by atoms with Crippen molar-refractivity contribution in [2.24, 2.45) is 0 Å². The highest BCUT2D eigenvalue weighted by molar-refractivity contribution is 5.66. The zero-order valence-corrected chi connectivity index (χ0v) is 13.0. The Bertz CT molecular complexity index is 813. The van der Waals surface area contributed by atoms with Crippen LogP contribution in [0.25, 0.3) is 0 Å². The first-order valence-electron chi connectivity index (χ1n) is 7.47. The van der Waals surface area contributed by atoms with E-state index >= 15 is 0 Å². The third-order valence-corrected chi connectivity index (χ3v) is 3.90. The van der Waals surface area contributed by atoms with Gasteiger partial charge in [-0.25, -0.2) is 0 Å². The predicted octanol–water partition coefficient (Wildman–Crippen LogP) is 3.13. The number of hydrogen-bond donors (Lipinski definition) is 1. The minimum absolute atomic E-state index is 0.164. The first-order valence-corrected chi connectivity index (χ1v) is 7.47. The first kappa shape index (κ1) is 15.1. The number of ether oxygens (including phenoxy) is 1. The number of nitrogens with zero attached hydrogens (tertiary/aromatic N) is 3. The maximum absolute atomic E-state index is 11.0. The van der Waals surface area contributed by atoms with Gasteiger partial charge >= 0.3 is 5.97 Å². The maximum Gasteiger partial charge on any atom is 0.325 e. The van der Waals surface area contributed by atoms with Gasteiger partial charge in [-0.15, -0.1) is 0 Å². The van der Waals surface area contributed by atoms with Crippen LogP contribution >= 0.6 is 0 Å². The number of aryl methyl sites for hydroxylation is 2. The number of hydrogen-bond acceptors (Lipinski definition) is 4. The Morgan fingerprint density at radius 1 is 1.48 bits per heavy atom. The van der Waals surface area contributed by atoms with Crippen LogP contribution in [0, 0.1) is 25.2 Å². The van der Waals surface area contributed by atoms with Gasteiger partial charge in [0.25, 0.3) is 0 Å².